The van der Waals surface area contributed by atoms with E-state index in [1.165, 1.54) is 0 Å². The van der Waals surface area contributed by atoms with Crippen LogP contribution >= 0.6 is 15.9 Å². The number of carbonyl (C=O) groups excluding carboxylic acids is 1. The van der Waals surface area contributed by atoms with Crippen molar-refractivity contribution in [1.29, 1.82) is 0 Å². The SMILES string of the molecule is CCNc1ccnc(C(=O)N(C)Cc2ccc(Br)cc2)c1. The highest BCUT2D eigenvalue weighted by Crippen LogP contribution is 2.14. The quantitative estimate of drug-likeness (QED) is 0.899. The minimum atomic E-state index is -0.0855. The number of nitrogens with zero attached hydrogens (tertiary/aromatic N) is 2. The molecule has 0 saturated carbocycles. The third-order valence-corrected chi connectivity index (χ3v) is 3.57. The van der Waals surface area contributed by atoms with E-state index in [4.69, 9.17) is 0 Å². The van der Waals surface area contributed by atoms with Gasteiger partial charge in [-0.15, -0.1) is 0 Å². The van der Waals surface area contributed by atoms with Crippen LogP contribution in [-0.2, 0) is 6.54 Å². The van der Waals surface area contributed by atoms with E-state index in [-0.39, 0.29) is 5.91 Å². The molecule has 1 amide bonds. The molecule has 0 aliphatic carbocycles. The van der Waals surface area contributed by atoms with Crippen molar-refractivity contribution in [1.82, 2.24) is 9.88 Å². The summed E-state index contributed by atoms with van der Waals surface area (Å²) in [5, 5.41) is 3.18. The lowest BCUT2D eigenvalue weighted by atomic mass is 10.2. The minimum absolute atomic E-state index is 0.0855. The molecular formula is C16H18BrN3O. The zero-order chi connectivity index (χ0) is 15.2. The number of aromatic nitrogens is 1. The monoisotopic (exact) mass is 347 g/mol. The first-order chi connectivity index (χ1) is 10.1. The molecule has 0 aliphatic heterocycles. The van der Waals surface area contributed by atoms with Gasteiger partial charge in [0.2, 0.25) is 0 Å². The van der Waals surface area contributed by atoms with Gasteiger partial charge in [0, 0.05) is 36.5 Å². The van der Waals surface area contributed by atoms with Crippen molar-refractivity contribution in [3.05, 3.63) is 58.3 Å². The summed E-state index contributed by atoms with van der Waals surface area (Å²) in [6.07, 6.45) is 1.65. The fourth-order valence-electron chi connectivity index (χ4n) is 1.99. The molecule has 21 heavy (non-hydrogen) atoms. The normalized spacial score (nSPS) is 10.2. The van der Waals surface area contributed by atoms with E-state index in [0.29, 0.717) is 12.2 Å². The fourth-order valence-corrected chi connectivity index (χ4v) is 2.26. The van der Waals surface area contributed by atoms with Gasteiger partial charge in [0.05, 0.1) is 0 Å². The Kier molecular flexibility index (Phi) is 5.33. The first-order valence-electron chi connectivity index (χ1n) is 6.80. The Morgan fingerprint density at radius 2 is 2.00 bits per heavy atom. The number of hydrogen-bond donors (Lipinski definition) is 1. The topological polar surface area (TPSA) is 45.2 Å². The van der Waals surface area contributed by atoms with Gasteiger partial charge in [-0.2, -0.15) is 0 Å². The molecule has 0 unspecified atom stereocenters. The zero-order valence-corrected chi connectivity index (χ0v) is 13.7. The number of benzene rings is 1. The average molecular weight is 348 g/mol. The summed E-state index contributed by atoms with van der Waals surface area (Å²) in [4.78, 5) is 18.2. The highest BCUT2D eigenvalue weighted by Gasteiger charge is 2.13. The Labute approximate surface area is 133 Å². The van der Waals surface area contributed by atoms with Gasteiger partial charge in [-0.3, -0.25) is 9.78 Å². The third-order valence-electron chi connectivity index (χ3n) is 3.04. The van der Waals surface area contributed by atoms with E-state index in [1.807, 2.05) is 37.3 Å². The van der Waals surface area contributed by atoms with E-state index in [0.717, 1.165) is 22.3 Å². The van der Waals surface area contributed by atoms with E-state index >= 15 is 0 Å². The molecule has 2 rings (SSSR count). The number of hydrogen-bond acceptors (Lipinski definition) is 3. The van der Waals surface area contributed by atoms with Gasteiger partial charge in [0.15, 0.2) is 0 Å². The van der Waals surface area contributed by atoms with E-state index in [2.05, 4.69) is 26.2 Å². The number of rotatable bonds is 5. The van der Waals surface area contributed by atoms with Crippen LogP contribution in [0.3, 0.4) is 0 Å². The number of carbonyl (C=O) groups is 1. The number of pyridine rings is 1. The van der Waals surface area contributed by atoms with Crippen LogP contribution in [0.4, 0.5) is 5.69 Å². The summed E-state index contributed by atoms with van der Waals surface area (Å²) in [7, 11) is 1.78. The lowest BCUT2D eigenvalue weighted by molar-refractivity contribution is 0.0779. The van der Waals surface area contributed by atoms with Crippen molar-refractivity contribution in [2.45, 2.75) is 13.5 Å². The van der Waals surface area contributed by atoms with Crippen LogP contribution in [0.1, 0.15) is 23.0 Å². The van der Waals surface area contributed by atoms with Gasteiger partial charge >= 0.3 is 0 Å². The van der Waals surface area contributed by atoms with Crippen molar-refractivity contribution in [3.8, 4) is 0 Å². The molecule has 110 valence electrons. The lowest BCUT2D eigenvalue weighted by Gasteiger charge is -2.17. The molecule has 0 saturated heterocycles. The molecule has 2 aromatic rings. The number of halogens is 1. The molecule has 0 atom stereocenters. The molecule has 1 aromatic carbocycles. The van der Waals surface area contributed by atoms with Crippen LogP contribution < -0.4 is 5.32 Å². The van der Waals surface area contributed by atoms with Crippen LogP contribution in [0.5, 0.6) is 0 Å². The molecule has 0 spiro atoms. The van der Waals surface area contributed by atoms with Crippen LogP contribution in [0.15, 0.2) is 47.1 Å². The highest BCUT2D eigenvalue weighted by atomic mass is 79.9. The van der Waals surface area contributed by atoms with Crippen molar-refractivity contribution in [3.63, 3.8) is 0 Å². The molecule has 0 bridgehead atoms. The second-order valence-electron chi connectivity index (χ2n) is 4.75. The average Bonchev–Trinajstić information content (AvgIpc) is 2.49. The molecule has 0 fully saturated rings. The summed E-state index contributed by atoms with van der Waals surface area (Å²) < 4.78 is 1.03. The van der Waals surface area contributed by atoms with Crippen molar-refractivity contribution >= 4 is 27.5 Å². The second-order valence-corrected chi connectivity index (χ2v) is 5.66. The molecule has 0 aliphatic rings. The molecule has 5 heteroatoms. The number of anilines is 1. The smallest absolute Gasteiger partial charge is 0.272 e. The first-order valence-corrected chi connectivity index (χ1v) is 7.59. The van der Waals surface area contributed by atoms with Crippen molar-refractivity contribution in [2.24, 2.45) is 0 Å². The standard InChI is InChI=1S/C16H18BrN3O/c1-3-18-14-8-9-19-15(10-14)16(21)20(2)11-12-4-6-13(17)7-5-12/h4-10H,3,11H2,1-2H3,(H,18,19). The maximum Gasteiger partial charge on any atom is 0.272 e. The predicted molar refractivity (Wildman–Crippen MR) is 88.3 cm³/mol. The molecular weight excluding hydrogens is 330 g/mol. The van der Waals surface area contributed by atoms with Gasteiger partial charge in [-0.05, 0) is 36.8 Å². The highest BCUT2D eigenvalue weighted by molar-refractivity contribution is 9.10. The summed E-state index contributed by atoms with van der Waals surface area (Å²) in [5.74, 6) is -0.0855. The molecule has 1 aromatic heterocycles. The van der Waals surface area contributed by atoms with Gasteiger partial charge in [-0.25, -0.2) is 0 Å². The zero-order valence-electron chi connectivity index (χ0n) is 12.1. The van der Waals surface area contributed by atoms with Gasteiger partial charge in [0.1, 0.15) is 5.69 Å². The Balaban J connectivity index is 2.08. The first kappa shape index (κ1) is 15.5. The van der Waals surface area contributed by atoms with Crippen LogP contribution in [0.2, 0.25) is 0 Å². The van der Waals surface area contributed by atoms with E-state index in [1.54, 1.807) is 24.2 Å². The largest absolute Gasteiger partial charge is 0.385 e. The van der Waals surface area contributed by atoms with Crippen molar-refractivity contribution < 1.29 is 4.79 Å². The summed E-state index contributed by atoms with van der Waals surface area (Å²) >= 11 is 3.40. The van der Waals surface area contributed by atoms with Gasteiger partial charge in [0.25, 0.3) is 5.91 Å². The van der Waals surface area contributed by atoms with E-state index < -0.39 is 0 Å². The van der Waals surface area contributed by atoms with Crippen LogP contribution in [0, 0.1) is 0 Å². The summed E-state index contributed by atoms with van der Waals surface area (Å²) in [6, 6.07) is 11.6. The molecule has 1 heterocycles. The van der Waals surface area contributed by atoms with Crippen LogP contribution in [0.25, 0.3) is 0 Å². The Morgan fingerprint density at radius 3 is 2.67 bits per heavy atom. The fraction of sp³-hybridized carbons (Fsp3) is 0.250. The Bertz CT molecular complexity index is 613. The second kappa shape index (κ2) is 7.22. The lowest BCUT2D eigenvalue weighted by Crippen LogP contribution is -2.27. The Morgan fingerprint density at radius 1 is 1.29 bits per heavy atom. The summed E-state index contributed by atoms with van der Waals surface area (Å²) in [5.41, 5.74) is 2.44. The van der Waals surface area contributed by atoms with Crippen LogP contribution in [-0.4, -0.2) is 29.4 Å². The number of amides is 1. The van der Waals surface area contributed by atoms with Gasteiger partial charge < -0.3 is 10.2 Å². The molecule has 1 N–H and O–H groups in total. The Hall–Kier alpha value is -1.88. The maximum atomic E-state index is 12.4. The predicted octanol–water partition coefficient (Wildman–Crippen LogP) is 3.55. The van der Waals surface area contributed by atoms with Gasteiger partial charge in [-0.1, -0.05) is 28.1 Å². The van der Waals surface area contributed by atoms with E-state index in [9.17, 15) is 4.79 Å². The maximum absolute atomic E-state index is 12.4. The molecule has 0 radical (unpaired) electrons. The summed E-state index contributed by atoms with van der Waals surface area (Å²) in [6.45, 7) is 3.38. The number of nitrogens with one attached hydrogen (secondary N) is 1. The molecule has 4 nitrogen and oxygen atoms in total. The minimum Gasteiger partial charge on any atom is -0.385 e. The third kappa shape index (κ3) is 4.29. The van der Waals surface area contributed by atoms with Crippen molar-refractivity contribution in [2.75, 3.05) is 18.9 Å².